The van der Waals surface area contributed by atoms with E-state index in [9.17, 15) is 51.8 Å². The van der Waals surface area contributed by atoms with Crippen molar-refractivity contribution in [2.24, 2.45) is 71.0 Å². The number of carboxylic acids is 1. The second-order valence-electron chi connectivity index (χ2n) is 34.7. The van der Waals surface area contributed by atoms with E-state index in [1.165, 1.54) is 103 Å². The average molecular weight is 1850 g/mol. The molecule has 0 spiro atoms. The minimum absolute atomic E-state index is 0. The van der Waals surface area contributed by atoms with Crippen LogP contribution in [-0.2, 0) is 24.8 Å². The summed E-state index contributed by atoms with van der Waals surface area (Å²) in [6.07, 6.45) is 14.2. The molecule has 8 fully saturated rings. The Labute approximate surface area is 781 Å². The Morgan fingerprint density at radius 3 is 1.02 bits per heavy atom. The number of carbonyl (C=O) groups excluding carboxylic acids is 7. The monoisotopic (exact) mass is 1850 g/mol. The molecule has 36 heteroatoms. The Kier molecular flexibility index (Phi) is 45.1. The summed E-state index contributed by atoms with van der Waals surface area (Å²) in [6.45, 7) is 15.9. The molecule has 4 saturated carbocycles. The maximum absolute atomic E-state index is 13.9. The standard InChI is InChI=1S/C28H34ClF3N4O3.C19H29ClN4O.C18H26ClN3O2.C18H24ClN3O2.C2H3BO.C2H4O2.C2H7P.Na.H2O/c1-34(2)25(37)22-9-10-23(33-24(22)29)36-13-11-18(12-14-36)15-19-16-20(19)17-35(3)26(38)27(39,28(30,31)32)21-7-5-4-6-8-21;1-21-12-15-11-14(15)10-13-6-8-24(9-7-13)17-5-4-16(18(20)22-17)19(25)23(2)3;2*1-21(2)18(24)15-3-4-16(20-17(15)19)22-7-5-12(6-8-22)9-13-10-14(13)11-23;2*1-2(3)4;1-3-2;;/h4-10,18-20,39H,11-17H2,1-3H3;4-5,13-15,21H,6-12H2,1-3H3;3-4,12-14,23H,5-11H2,1-2H3;3-4,11-14H,5-10H2,1-2H3;1H3;1H3,(H,3,4);3H,1-2H3;;1H2/q;;;;-1;;;+1;/t19-,20-,27+;14-,15-;2*13-,14-;;;;;/m0000...../s1. The molecule has 685 valence electrons. The van der Waals surface area contributed by atoms with Crippen LogP contribution in [0, 0.1) is 71.0 Å². The number of hydrogen-bond acceptors (Lipinski definition) is 19. The fraction of sp³-hybridized carbons (Fsp3) is 0.618. The summed E-state index contributed by atoms with van der Waals surface area (Å²) in [5, 5.41) is 31.5. The molecule has 5 aromatic rings. The molecule has 4 aliphatic heterocycles. The summed E-state index contributed by atoms with van der Waals surface area (Å²) in [7, 11) is 22.5. The Bertz CT molecular complexity index is 4290. The summed E-state index contributed by atoms with van der Waals surface area (Å²) in [6, 6.07) is 21.0. The van der Waals surface area contributed by atoms with Crippen molar-refractivity contribution >= 4 is 134 Å². The van der Waals surface area contributed by atoms with Gasteiger partial charge in [-0.25, -0.2) is 19.9 Å². The number of pyridine rings is 4. The molecule has 8 aliphatic rings. The Hall–Kier alpha value is -6.54. The quantitative estimate of drug-likeness (QED) is 0.0193. The van der Waals surface area contributed by atoms with Crippen LogP contribution in [0.4, 0.5) is 36.4 Å². The molecule has 8 heterocycles. The molecule has 5 amide bonds. The van der Waals surface area contributed by atoms with Crippen molar-refractivity contribution in [1.82, 2.24) is 49.8 Å². The van der Waals surface area contributed by atoms with Crippen LogP contribution in [0.25, 0.3) is 0 Å². The number of anilines is 4. The third kappa shape index (κ3) is 33.1. The predicted octanol–water partition coefficient (Wildman–Crippen LogP) is 9.93. The SMILES string of the molecule is CC(=O)O.CN(C)C(=O)c1ccc(N2CCC(C[C@H]3C[C@H]3C=O)CC2)nc1Cl.CN(C)C(=O)c1ccc(N2CCC(C[C@H]3C[C@H]3CN(C)C(=O)[C@](O)(c3ccccc3)C(F)(F)F)CC2)nc1Cl.CN(C)C(=O)c1ccc(N2CCC(C[C@H]3C[C@H]3CO)CC2)nc1Cl.CNC[C@@H]1C[C@@H]1CC1CCN(c2ccc(C(=O)N(C)C)c(Cl)n2)CC1.CPC.O.[B-]C(C)=O.[Na+]. The number of aldehydes is 1. The second kappa shape index (κ2) is 51.8. The van der Waals surface area contributed by atoms with Gasteiger partial charge in [-0.2, -0.15) is 13.2 Å². The van der Waals surface area contributed by atoms with Crippen LogP contribution in [0.1, 0.15) is 164 Å². The van der Waals surface area contributed by atoms with Crippen molar-refractivity contribution in [2.75, 3.05) is 175 Å². The summed E-state index contributed by atoms with van der Waals surface area (Å²) < 4.78 is 41.6. The number of hydrogen-bond donors (Lipinski definition) is 4. The molecule has 4 aromatic heterocycles. The topological polar surface area (TPSA) is 322 Å². The van der Waals surface area contributed by atoms with E-state index in [2.05, 4.69) is 66.0 Å². The van der Waals surface area contributed by atoms with Gasteiger partial charge in [0.25, 0.3) is 41.1 Å². The van der Waals surface area contributed by atoms with E-state index in [0.717, 1.165) is 202 Å². The van der Waals surface area contributed by atoms with Crippen LogP contribution in [0.2, 0.25) is 20.6 Å². The van der Waals surface area contributed by atoms with Gasteiger partial charge in [0.1, 0.15) is 50.2 Å². The van der Waals surface area contributed by atoms with Crippen molar-refractivity contribution in [3.05, 3.63) is 127 Å². The first-order chi connectivity index (χ1) is 58.2. The van der Waals surface area contributed by atoms with Crippen LogP contribution in [0.15, 0.2) is 78.9 Å². The van der Waals surface area contributed by atoms with E-state index in [4.69, 9.17) is 61.4 Å². The van der Waals surface area contributed by atoms with E-state index < -0.39 is 29.2 Å². The summed E-state index contributed by atoms with van der Waals surface area (Å²) in [4.78, 5) is 124. The van der Waals surface area contributed by atoms with Gasteiger partial charge in [-0.1, -0.05) is 83.7 Å². The first kappa shape index (κ1) is 109. The number of aliphatic carboxylic acids is 1. The number of nitrogens with one attached hydrogen (secondary N) is 1. The molecule has 13 rings (SSSR count). The van der Waals surface area contributed by atoms with Gasteiger partial charge >= 0.3 is 35.7 Å². The van der Waals surface area contributed by atoms with E-state index in [0.29, 0.717) is 69.5 Å². The molecule has 4 saturated heterocycles. The zero-order valence-electron chi connectivity index (χ0n) is 75.2. The number of amides is 5. The molecule has 0 unspecified atom stereocenters. The largest absolute Gasteiger partial charge is 1.00 e. The Balaban J connectivity index is 0.000000288. The van der Waals surface area contributed by atoms with Crippen LogP contribution in [-0.4, -0.2) is 283 Å². The number of carboxylic acid groups (broad SMARTS) is 1. The number of aliphatic hydroxyl groups is 2. The predicted molar refractivity (Wildman–Crippen MR) is 488 cm³/mol. The molecular weight excluding hydrogens is 1720 g/mol. The maximum atomic E-state index is 13.9. The zero-order chi connectivity index (χ0) is 90.9. The fourth-order valence-corrected chi connectivity index (χ4v) is 17.5. The van der Waals surface area contributed by atoms with E-state index >= 15 is 0 Å². The maximum Gasteiger partial charge on any atom is 1.00 e. The molecule has 0 bridgehead atoms. The normalized spacial score (nSPS) is 21.1. The number of likely N-dealkylation sites (N-methyl/N-ethyl adjacent to an activating group) is 1. The van der Waals surface area contributed by atoms with Gasteiger partial charge in [-0.05, 0) is 243 Å². The molecule has 125 heavy (non-hydrogen) atoms. The van der Waals surface area contributed by atoms with Crippen molar-refractivity contribution in [3.8, 4) is 0 Å². The van der Waals surface area contributed by atoms with E-state index in [-0.39, 0.29) is 92.3 Å². The number of alkyl halides is 3. The van der Waals surface area contributed by atoms with Crippen LogP contribution >= 0.6 is 55.0 Å². The van der Waals surface area contributed by atoms with E-state index in [1.807, 2.05) is 31.3 Å². The van der Waals surface area contributed by atoms with Gasteiger partial charge in [-0.3, -0.25) is 28.8 Å². The van der Waals surface area contributed by atoms with Crippen LogP contribution in [0.3, 0.4) is 0 Å². The summed E-state index contributed by atoms with van der Waals surface area (Å²) in [5.74, 6) is 7.90. The minimum Gasteiger partial charge on any atom is -0.528 e. The van der Waals surface area contributed by atoms with Crippen molar-refractivity contribution in [3.63, 3.8) is 0 Å². The molecule has 9 atom stereocenters. The molecular formula is C89H129BCl4F3N14NaO12P. The van der Waals surface area contributed by atoms with Gasteiger partial charge in [0.2, 0.25) is 0 Å². The van der Waals surface area contributed by atoms with Gasteiger partial charge in [0, 0.05) is 147 Å². The number of piperidine rings is 4. The molecule has 1 aromatic carbocycles. The smallest absolute Gasteiger partial charge is 0.528 e. The zero-order valence-corrected chi connectivity index (χ0v) is 81.3. The van der Waals surface area contributed by atoms with Gasteiger partial charge < -0.3 is 87.6 Å². The third-order valence-electron chi connectivity index (χ3n) is 24.0. The summed E-state index contributed by atoms with van der Waals surface area (Å²) in [5.41, 5.74) is -2.67. The average Bonchev–Trinajstić information content (AvgIpc) is 1.32. The number of carbonyl (C=O) groups is 8. The van der Waals surface area contributed by atoms with Crippen molar-refractivity contribution in [1.29, 1.82) is 0 Å². The van der Waals surface area contributed by atoms with Gasteiger partial charge in [0.05, 0.1) is 22.3 Å². The fourth-order valence-electron chi connectivity index (χ4n) is 16.6. The first-order valence-electron chi connectivity index (χ1n) is 42.6. The summed E-state index contributed by atoms with van der Waals surface area (Å²) >= 11 is 24.9. The Morgan fingerprint density at radius 1 is 0.496 bits per heavy atom. The van der Waals surface area contributed by atoms with Gasteiger partial charge in [0.15, 0.2) is 0 Å². The van der Waals surface area contributed by atoms with E-state index in [1.54, 1.807) is 80.6 Å². The minimum atomic E-state index is -5.14. The van der Waals surface area contributed by atoms with Crippen LogP contribution in [0.5, 0.6) is 0 Å². The first-order valence-corrected chi connectivity index (χ1v) is 46.1. The van der Waals surface area contributed by atoms with Crippen LogP contribution < -0.4 is 54.5 Å². The number of aliphatic hydroxyl groups excluding tert-OH is 1. The number of rotatable bonds is 24. The number of aromatic nitrogens is 4. The molecule has 4 aliphatic carbocycles. The number of nitrogens with zero attached hydrogens (tertiary/aromatic N) is 13. The third-order valence-corrected chi connectivity index (χ3v) is 25.2. The second-order valence-corrected chi connectivity index (χ2v) is 37.1. The Morgan fingerprint density at radius 2 is 0.768 bits per heavy atom. The molecule has 6 N–H and O–H groups in total. The molecule has 26 nitrogen and oxygen atoms in total. The van der Waals surface area contributed by atoms with Crippen molar-refractivity contribution < 1.29 is 102 Å². The molecule has 3 radical (unpaired) electrons. The number of halogens is 7. The number of benzene rings is 1. The van der Waals surface area contributed by atoms with Gasteiger partial charge in [-0.15, -0.1) is 14.3 Å². The van der Waals surface area contributed by atoms with Crippen molar-refractivity contribution in [2.45, 2.75) is 128 Å².